The Bertz CT molecular complexity index is 238. The van der Waals surface area contributed by atoms with Crippen LogP contribution in [-0.2, 0) is 9.47 Å². The number of ether oxygens (including phenoxy) is 2. The standard InChI is InChI=1S/C6H9N3O4/c7-9-8-3-4(10)2-1-12-6(13-2)5(3)11/h2-6,10-11H,1H2/t2?,3?,4-,5-,6+/m0/s1. The molecule has 2 rings (SSSR count). The molecule has 2 aliphatic rings. The lowest BCUT2D eigenvalue weighted by atomic mass is 9.99. The van der Waals surface area contributed by atoms with Gasteiger partial charge in [-0.2, -0.15) is 0 Å². The number of hydrogen-bond acceptors (Lipinski definition) is 5. The van der Waals surface area contributed by atoms with Crippen molar-refractivity contribution in [3.05, 3.63) is 10.4 Å². The lowest BCUT2D eigenvalue weighted by Crippen LogP contribution is -2.52. The van der Waals surface area contributed by atoms with E-state index >= 15 is 0 Å². The zero-order valence-electron chi connectivity index (χ0n) is 6.65. The molecule has 0 aliphatic carbocycles. The fourth-order valence-corrected chi connectivity index (χ4v) is 1.58. The average molecular weight is 187 g/mol. The molecule has 2 N–H and O–H groups in total. The summed E-state index contributed by atoms with van der Waals surface area (Å²) in [5.74, 6) is 0. The van der Waals surface area contributed by atoms with Crippen LogP contribution in [0.4, 0.5) is 0 Å². The van der Waals surface area contributed by atoms with E-state index in [1.807, 2.05) is 0 Å². The minimum Gasteiger partial charge on any atom is -0.390 e. The van der Waals surface area contributed by atoms with Crippen LogP contribution < -0.4 is 0 Å². The number of aliphatic hydroxyl groups is 2. The molecule has 2 saturated heterocycles. The number of fused-ring (bicyclic) bond motifs is 2. The van der Waals surface area contributed by atoms with Gasteiger partial charge in [-0.3, -0.25) is 0 Å². The van der Waals surface area contributed by atoms with Crippen molar-refractivity contribution in [3.63, 3.8) is 0 Å². The van der Waals surface area contributed by atoms with Crippen LogP contribution >= 0.6 is 0 Å². The number of aliphatic hydroxyl groups excluding tert-OH is 2. The summed E-state index contributed by atoms with van der Waals surface area (Å²) in [4.78, 5) is 2.55. The molecular formula is C6H9N3O4. The minimum absolute atomic E-state index is 0.223. The molecule has 2 aliphatic heterocycles. The van der Waals surface area contributed by atoms with Gasteiger partial charge in [-0.25, -0.2) is 0 Å². The molecule has 2 unspecified atom stereocenters. The van der Waals surface area contributed by atoms with Crippen molar-refractivity contribution in [3.8, 4) is 0 Å². The maximum Gasteiger partial charge on any atom is 0.184 e. The second-order valence-electron chi connectivity index (χ2n) is 3.05. The van der Waals surface area contributed by atoms with Crippen molar-refractivity contribution < 1.29 is 19.7 Å². The SMILES string of the molecule is [N-]=[N+]=NC1[C@@H](O)C2CO[C@H](O2)[C@H]1O. The highest BCUT2D eigenvalue weighted by molar-refractivity contribution is 4.97. The molecule has 0 saturated carbocycles. The number of azide groups is 1. The molecule has 0 aromatic carbocycles. The zero-order valence-corrected chi connectivity index (χ0v) is 6.65. The Morgan fingerprint density at radius 3 is 2.85 bits per heavy atom. The van der Waals surface area contributed by atoms with Crippen LogP contribution in [-0.4, -0.2) is 47.5 Å². The van der Waals surface area contributed by atoms with Crippen LogP contribution in [0.15, 0.2) is 5.11 Å². The molecule has 0 aromatic rings. The highest BCUT2D eigenvalue weighted by Gasteiger charge is 2.49. The van der Waals surface area contributed by atoms with Crippen LogP contribution in [0.3, 0.4) is 0 Å². The van der Waals surface area contributed by atoms with Gasteiger partial charge in [0.05, 0.1) is 18.8 Å². The van der Waals surface area contributed by atoms with E-state index in [4.69, 9.17) is 15.0 Å². The summed E-state index contributed by atoms with van der Waals surface area (Å²) < 4.78 is 10.1. The molecule has 0 radical (unpaired) electrons. The van der Waals surface area contributed by atoms with E-state index in [1.165, 1.54) is 0 Å². The predicted molar refractivity (Wildman–Crippen MR) is 39.6 cm³/mol. The van der Waals surface area contributed by atoms with E-state index in [0.717, 1.165) is 0 Å². The van der Waals surface area contributed by atoms with Crippen molar-refractivity contribution >= 4 is 0 Å². The third-order valence-electron chi connectivity index (χ3n) is 2.28. The maximum absolute atomic E-state index is 9.53. The van der Waals surface area contributed by atoms with Crippen molar-refractivity contribution in [1.29, 1.82) is 0 Å². The number of rotatable bonds is 1. The zero-order chi connectivity index (χ0) is 9.42. The van der Waals surface area contributed by atoms with Crippen molar-refractivity contribution in [2.75, 3.05) is 6.61 Å². The first kappa shape index (κ1) is 8.74. The first-order valence-corrected chi connectivity index (χ1v) is 3.91. The van der Waals surface area contributed by atoms with Gasteiger partial charge in [-0.15, -0.1) is 0 Å². The van der Waals surface area contributed by atoms with Crippen LogP contribution in [0.1, 0.15) is 0 Å². The van der Waals surface area contributed by atoms with Crippen molar-refractivity contribution in [2.45, 2.75) is 30.6 Å². The van der Waals surface area contributed by atoms with Gasteiger partial charge in [0.1, 0.15) is 12.2 Å². The van der Waals surface area contributed by atoms with Crippen molar-refractivity contribution in [2.24, 2.45) is 5.11 Å². The third-order valence-corrected chi connectivity index (χ3v) is 2.28. The first-order chi connectivity index (χ1) is 6.24. The summed E-state index contributed by atoms with van der Waals surface area (Å²) in [5, 5.41) is 22.3. The van der Waals surface area contributed by atoms with Crippen molar-refractivity contribution in [1.82, 2.24) is 0 Å². The minimum atomic E-state index is -1.09. The fourth-order valence-electron chi connectivity index (χ4n) is 1.58. The summed E-state index contributed by atoms with van der Waals surface area (Å²) in [6.07, 6.45) is -3.36. The molecule has 0 spiro atoms. The first-order valence-electron chi connectivity index (χ1n) is 3.91. The Hall–Kier alpha value is -0.850. The largest absolute Gasteiger partial charge is 0.390 e. The molecular weight excluding hydrogens is 178 g/mol. The van der Waals surface area contributed by atoms with E-state index in [1.54, 1.807) is 0 Å². The monoisotopic (exact) mass is 187 g/mol. The van der Waals surface area contributed by atoms with E-state index in [9.17, 15) is 10.2 Å². The number of hydrogen-bond donors (Lipinski definition) is 2. The van der Waals surface area contributed by atoms with Gasteiger partial charge in [0, 0.05) is 4.91 Å². The van der Waals surface area contributed by atoms with Gasteiger partial charge in [0.25, 0.3) is 0 Å². The number of nitrogens with zero attached hydrogens (tertiary/aromatic N) is 3. The van der Waals surface area contributed by atoms with Crippen LogP contribution in [0.2, 0.25) is 0 Å². The van der Waals surface area contributed by atoms with Gasteiger partial charge < -0.3 is 19.7 Å². The second kappa shape index (κ2) is 3.13. The van der Waals surface area contributed by atoms with E-state index in [2.05, 4.69) is 10.0 Å². The fraction of sp³-hybridized carbons (Fsp3) is 1.00. The average Bonchev–Trinajstić information content (AvgIpc) is 2.56. The van der Waals surface area contributed by atoms with Gasteiger partial charge >= 0.3 is 0 Å². The molecule has 0 aromatic heterocycles. The molecule has 7 heteroatoms. The molecule has 13 heavy (non-hydrogen) atoms. The van der Waals surface area contributed by atoms with E-state index in [-0.39, 0.29) is 6.61 Å². The van der Waals surface area contributed by atoms with Gasteiger partial charge in [-0.1, -0.05) is 5.11 Å². The normalized spacial score (nSPS) is 48.6. The lowest BCUT2D eigenvalue weighted by Gasteiger charge is -2.32. The highest BCUT2D eigenvalue weighted by Crippen LogP contribution is 2.29. The molecule has 2 heterocycles. The molecule has 0 amide bonds. The topological polar surface area (TPSA) is 108 Å². The smallest absolute Gasteiger partial charge is 0.184 e. The second-order valence-corrected chi connectivity index (χ2v) is 3.05. The summed E-state index contributed by atoms with van der Waals surface area (Å²) in [6, 6.07) is -0.878. The maximum atomic E-state index is 9.53. The molecule has 5 atom stereocenters. The van der Waals surface area contributed by atoms with Crippen LogP contribution in [0, 0.1) is 0 Å². The Kier molecular flexibility index (Phi) is 2.10. The van der Waals surface area contributed by atoms with Gasteiger partial charge in [-0.05, 0) is 5.53 Å². The predicted octanol–water partition coefficient (Wildman–Crippen LogP) is -0.858. The Labute approximate surface area is 73.5 Å². The molecule has 7 nitrogen and oxygen atoms in total. The quantitative estimate of drug-likeness (QED) is 0.316. The summed E-state index contributed by atoms with van der Waals surface area (Å²) >= 11 is 0. The summed E-state index contributed by atoms with van der Waals surface area (Å²) in [5.41, 5.74) is 8.20. The van der Waals surface area contributed by atoms with E-state index in [0.29, 0.717) is 0 Å². The lowest BCUT2D eigenvalue weighted by molar-refractivity contribution is -0.189. The van der Waals surface area contributed by atoms with E-state index < -0.39 is 30.6 Å². The molecule has 72 valence electrons. The summed E-state index contributed by atoms with van der Waals surface area (Å²) in [7, 11) is 0. The third kappa shape index (κ3) is 1.27. The Morgan fingerprint density at radius 1 is 1.38 bits per heavy atom. The van der Waals surface area contributed by atoms with Gasteiger partial charge in [0.2, 0.25) is 0 Å². The van der Waals surface area contributed by atoms with Crippen LogP contribution in [0.5, 0.6) is 0 Å². The Balaban J connectivity index is 2.21. The molecule has 2 bridgehead atoms. The van der Waals surface area contributed by atoms with Crippen LogP contribution in [0.25, 0.3) is 10.4 Å². The Morgan fingerprint density at radius 2 is 2.15 bits per heavy atom. The highest BCUT2D eigenvalue weighted by atomic mass is 16.7. The summed E-state index contributed by atoms with van der Waals surface area (Å²) in [6.45, 7) is 0.223. The van der Waals surface area contributed by atoms with Gasteiger partial charge in [0.15, 0.2) is 6.29 Å². The molecule has 2 fully saturated rings.